The van der Waals surface area contributed by atoms with E-state index in [2.05, 4.69) is 10.6 Å². The van der Waals surface area contributed by atoms with E-state index in [0.717, 1.165) is 6.54 Å². The molecule has 1 saturated heterocycles. The molecule has 2 N–H and O–H groups in total. The third kappa shape index (κ3) is 1.20. The van der Waals surface area contributed by atoms with Crippen molar-refractivity contribution in [2.24, 2.45) is 0 Å². The quantitative estimate of drug-likeness (QED) is 0.428. The Hall–Kier alpha value is -0.570. The van der Waals surface area contributed by atoms with Crippen LogP contribution in [0.25, 0.3) is 0 Å². The van der Waals surface area contributed by atoms with Crippen LogP contribution in [0.2, 0.25) is 0 Å². The second-order valence-electron chi connectivity index (χ2n) is 2.09. The summed E-state index contributed by atoms with van der Waals surface area (Å²) in [5, 5.41) is 5.75. The van der Waals surface area contributed by atoms with Crippen LogP contribution in [-0.4, -0.2) is 25.0 Å². The van der Waals surface area contributed by atoms with Crippen LogP contribution in [0.3, 0.4) is 0 Å². The summed E-state index contributed by atoms with van der Waals surface area (Å²) in [5.74, 6) is 0.100. The third-order valence-electron chi connectivity index (χ3n) is 1.22. The van der Waals surface area contributed by atoms with Crippen molar-refractivity contribution in [3.63, 3.8) is 0 Å². The molecule has 0 bridgehead atoms. The number of piperazine rings is 1. The fourth-order valence-electron chi connectivity index (χ4n) is 0.669. The summed E-state index contributed by atoms with van der Waals surface area (Å²) in [7, 11) is 0. The van der Waals surface area contributed by atoms with Crippen LogP contribution in [0.4, 0.5) is 0 Å². The van der Waals surface area contributed by atoms with Gasteiger partial charge in [-0.15, -0.1) is 0 Å². The largest absolute Gasteiger partial charge is 0.353 e. The van der Waals surface area contributed by atoms with Gasteiger partial charge in [-0.25, -0.2) is 0 Å². The predicted octanol–water partition coefficient (Wildman–Crippen LogP) is -0.906. The lowest BCUT2D eigenvalue weighted by Gasteiger charge is -2.19. The van der Waals surface area contributed by atoms with E-state index < -0.39 is 0 Å². The first kappa shape index (κ1) is 5.56. The van der Waals surface area contributed by atoms with Crippen LogP contribution >= 0.6 is 0 Å². The molecule has 0 aromatic carbocycles. The first-order chi connectivity index (χ1) is 3.79. The zero-order valence-electron chi connectivity index (χ0n) is 4.90. The SMILES string of the molecule is C[C@@H]1CNC(=O)CN1. The smallest absolute Gasteiger partial charge is 0.234 e. The van der Waals surface area contributed by atoms with Gasteiger partial charge in [-0.1, -0.05) is 0 Å². The predicted molar refractivity (Wildman–Crippen MR) is 30.5 cm³/mol. The van der Waals surface area contributed by atoms with Gasteiger partial charge < -0.3 is 10.6 Å². The summed E-state index contributed by atoms with van der Waals surface area (Å²) in [6.45, 7) is 3.28. The minimum absolute atomic E-state index is 0.100. The second kappa shape index (κ2) is 2.13. The molecule has 1 aliphatic heterocycles. The molecule has 3 nitrogen and oxygen atoms in total. The lowest BCUT2D eigenvalue weighted by molar-refractivity contribution is -0.121. The van der Waals surface area contributed by atoms with E-state index in [1.807, 2.05) is 6.92 Å². The Bertz CT molecular complexity index is 92.6. The second-order valence-corrected chi connectivity index (χ2v) is 2.09. The Labute approximate surface area is 48.5 Å². The first-order valence-corrected chi connectivity index (χ1v) is 2.79. The average Bonchev–Trinajstić information content (AvgIpc) is 1.77. The van der Waals surface area contributed by atoms with Crippen molar-refractivity contribution < 1.29 is 4.79 Å². The number of rotatable bonds is 0. The van der Waals surface area contributed by atoms with Crippen molar-refractivity contribution in [1.82, 2.24) is 10.6 Å². The summed E-state index contributed by atoms with van der Waals surface area (Å²) in [6.07, 6.45) is 0. The Balaban J connectivity index is 2.29. The molecule has 1 rings (SSSR count). The lowest BCUT2D eigenvalue weighted by atomic mass is 10.3. The van der Waals surface area contributed by atoms with Crippen LogP contribution in [0.15, 0.2) is 0 Å². The highest BCUT2D eigenvalue weighted by Crippen LogP contribution is 1.82. The van der Waals surface area contributed by atoms with Gasteiger partial charge in [0.15, 0.2) is 0 Å². The van der Waals surface area contributed by atoms with E-state index in [0.29, 0.717) is 12.6 Å². The highest BCUT2D eigenvalue weighted by molar-refractivity contribution is 5.78. The molecule has 46 valence electrons. The van der Waals surface area contributed by atoms with Crippen LogP contribution < -0.4 is 10.6 Å². The Morgan fingerprint density at radius 1 is 1.75 bits per heavy atom. The molecule has 0 aromatic rings. The molecule has 0 spiro atoms. The van der Waals surface area contributed by atoms with Crippen molar-refractivity contribution in [2.45, 2.75) is 13.0 Å². The van der Waals surface area contributed by atoms with Crippen molar-refractivity contribution in [1.29, 1.82) is 0 Å². The van der Waals surface area contributed by atoms with Crippen molar-refractivity contribution in [2.75, 3.05) is 13.1 Å². The van der Waals surface area contributed by atoms with Crippen LogP contribution in [0, 0.1) is 0 Å². The summed E-state index contributed by atoms with van der Waals surface area (Å²) < 4.78 is 0. The maximum atomic E-state index is 10.4. The Morgan fingerprint density at radius 3 is 2.88 bits per heavy atom. The zero-order valence-corrected chi connectivity index (χ0v) is 4.90. The fourth-order valence-corrected chi connectivity index (χ4v) is 0.669. The van der Waals surface area contributed by atoms with Gasteiger partial charge in [0.2, 0.25) is 5.91 Å². The normalized spacial score (nSPS) is 29.6. The number of hydrogen-bond acceptors (Lipinski definition) is 2. The number of carbonyl (C=O) groups excluding carboxylic acids is 1. The van der Waals surface area contributed by atoms with Crippen molar-refractivity contribution >= 4 is 5.91 Å². The summed E-state index contributed by atoms with van der Waals surface area (Å²) in [5.41, 5.74) is 0. The zero-order chi connectivity index (χ0) is 5.98. The summed E-state index contributed by atoms with van der Waals surface area (Å²) in [6, 6.07) is 0.438. The monoisotopic (exact) mass is 114 g/mol. The maximum absolute atomic E-state index is 10.4. The third-order valence-corrected chi connectivity index (χ3v) is 1.22. The van der Waals surface area contributed by atoms with E-state index >= 15 is 0 Å². The van der Waals surface area contributed by atoms with Gasteiger partial charge in [0.25, 0.3) is 0 Å². The lowest BCUT2D eigenvalue weighted by Crippen LogP contribution is -2.50. The van der Waals surface area contributed by atoms with Crippen molar-refractivity contribution in [3.05, 3.63) is 0 Å². The van der Waals surface area contributed by atoms with E-state index in [-0.39, 0.29) is 5.91 Å². The number of nitrogens with one attached hydrogen (secondary N) is 2. The number of hydrogen-bond donors (Lipinski definition) is 2. The van der Waals surface area contributed by atoms with E-state index in [1.165, 1.54) is 0 Å². The molecule has 1 fully saturated rings. The molecule has 0 radical (unpaired) electrons. The van der Waals surface area contributed by atoms with E-state index in [9.17, 15) is 4.79 Å². The highest BCUT2D eigenvalue weighted by Gasteiger charge is 2.10. The molecule has 0 unspecified atom stereocenters. The topological polar surface area (TPSA) is 41.1 Å². The van der Waals surface area contributed by atoms with Gasteiger partial charge >= 0.3 is 0 Å². The van der Waals surface area contributed by atoms with Crippen LogP contribution in [0.1, 0.15) is 6.92 Å². The molecule has 1 aliphatic rings. The molecule has 8 heavy (non-hydrogen) atoms. The van der Waals surface area contributed by atoms with Gasteiger partial charge in [0.1, 0.15) is 0 Å². The molecule has 1 amide bonds. The summed E-state index contributed by atoms with van der Waals surface area (Å²) in [4.78, 5) is 10.4. The molecule has 1 heterocycles. The molecule has 3 heteroatoms. The van der Waals surface area contributed by atoms with Crippen LogP contribution in [-0.2, 0) is 4.79 Å². The molecular weight excluding hydrogens is 104 g/mol. The van der Waals surface area contributed by atoms with Gasteiger partial charge in [0.05, 0.1) is 6.54 Å². The van der Waals surface area contributed by atoms with E-state index in [4.69, 9.17) is 0 Å². The molecule has 1 atom stereocenters. The number of carbonyl (C=O) groups is 1. The average molecular weight is 114 g/mol. The minimum Gasteiger partial charge on any atom is -0.353 e. The fraction of sp³-hybridized carbons (Fsp3) is 0.800. The van der Waals surface area contributed by atoms with Gasteiger partial charge in [-0.05, 0) is 6.92 Å². The van der Waals surface area contributed by atoms with Gasteiger partial charge in [0, 0.05) is 12.6 Å². The van der Waals surface area contributed by atoms with Gasteiger partial charge in [-0.3, -0.25) is 4.79 Å². The summed E-state index contributed by atoms with van der Waals surface area (Å²) >= 11 is 0. The van der Waals surface area contributed by atoms with Gasteiger partial charge in [-0.2, -0.15) is 0 Å². The molecule has 0 aromatic heterocycles. The highest BCUT2D eigenvalue weighted by atomic mass is 16.2. The Kier molecular flexibility index (Phi) is 1.48. The first-order valence-electron chi connectivity index (χ1n) is 2.79. The minimum atomic E-state index is 0.100. The molecule has 0 aliphatic carbocycles. The van der Waals surface area contributed by atoms with Crippen molar-refractivity contribution in [3.8, 4) is 0 Å². The molecular formula is C5H10N2O. The molecule has 0 saturated carbocycles. The Morgan fingerprint density at radius 2 is 2.50 bits per heavy atom. The standard InChI is InChI=1S/C5H10N2O/c1-4-2-7-5(8)3-6-4/h4,6H,2-3H2,1H3,(H,7,8)/t4-/m1/s1. The van der Waals surface area contributed by atoms with E-state index in [1.54, 1.807) is 0 Å². The maximum Gasteiger partial charge on any atom is 0.234 e. The number of amides is 1. The van der Waals surface area contributed by atoms with Crippen LogP contribution in [0.5, 0.6) is 0 Å².